The highest BCUT2D eigenvalue weighted by atomic mass is 32.1. The smallest absolute Gasteiger partial charge is 0.226 e. The molecule has 2 heterocycles. The highest BCUT2D eigenvalue weighted by molar-refractivity contribution is 7.13. The van der Waals surface area contributed by atoms with Crippen molar-refractivity contribution in [1.29, 1.82) is 0 Å². The number of fused-ring (bicyclic) bond motifs is 1. The lowest BCUT2D eigenvalue weighted by Gasteiger charge is -2.04. The lowest BCUT2D eigenvalue weighted by molar-refractivity contribution is -0.124. The standard InChI is InChI=1S/C16H18N6O3S/c1-25-10-2-3-11-12(8-10)20-13(19-11)6-7-17-14(23)4-5-15(24)21-16-22-18-9-26-16/h2-3,8-9H,4-7H2,1H3,(H,17,23)(H,19,20)(H,21,22,24). The van der Waals surface area contributed by atoms with Gasteiger partial charge in [0.2, 0.25) is 16.9 Å². The number of hydrogen-bond donors (Lipinski definition) is 3. The van der Waals surface area contributed by atoms with Crippen molar-refractivity contribution in [1.82, 2.24) is 25.5 Å². The number of ether oxygens (including phenoxy) is 1. The summed E-state index contributed by atoms with van der Waals surface area (Å²) in [6, 6.07) is 5.60. The van der Waals surface area contributed by atoms with E-state index in [4.69, 9.17) is 4.74 Å². The van der Waals surface area contributed by atoms with Crippen LogP contribution in [0.3, 0.4) is 0 Å². The lowest BCUT2D eigenvalue weighted by atomic mass is 10.3. The summed E-state index contributed by atoms with van der Waals surface area (Å²) in [6.07, 6.45) is 0.775. The normalized spacial score (nSPS) is 10.7. The number of hydrogen-bond acceptors (Lipinski definition) is 7. The van der Waals surface area contributed by atoms with E-state index in [2.05, 4.69) is 30.8 Å². The Kier molecular flexibility index (Phi) is 5.74. The molecule has 2 amide bonds. The van der Waals surface area contributed by atoms with E-state index < -0.39 is 0 Å². The third kappa shape index (κ3) is 4.76. The van der Waals surface area contributed by atoms with Crippen LogP contribution < -0.4 is 15.4 Å². The number of rotatable bonds is 8. The topological polar surface area (TPSA) is 122 Å². The second-order valence-electron chi connectivity index (χ2n) is 5.46. The first-order valence-electron chi connectivity index (χ1n) is 7.99. The molecule has 3 aromatic rings. The van der Waals surface area contributed by atoms with Gasteiger partial charge in [-0.15, -0.1) is 10.2 Å². The summed E-state index contributed by atoms with van der Waals surface area (Å²) < 4.78 is 5.18. The maximum Gasteiger partial charge on any atom is 0.226 e. The Balaban J connectivity index is 1.40. The van der Waals surface area contributed by atoms with Crippen LogP contribution in [0.2, 0.25) is 0 Å². The Labute approximate surface area is 153 Å². The molecular formula is C16H18N6O3S. The second-order valence-corrected chi connectivity index (χ2v) is 6.29. The number of aromatic nitrogens is 4. The SMILES string of the molecule is COc1ccc2nc(CCNC(=O)CCC(=O)Nc3nncs3)[nH]c2c1. The first-order chi connectivity index (χ1) is 12.6. The zero-order chi connectivity index (χ0) is 18.4. The van der Waals surface area contributed by atoms with E-state index in [1.54, 1.807) is 7.11 Å². The summed E-state index contributed by atoms with van der Waals surface area (Å²) in [4.78, 5) is 31.2. The van der Waals surface area contributed by atoms with Gasteiger partial charge >= 0.3 is 0 Å². The molecule has 10 heteroatoms. The average molecular weight is 374 g/mol. The van der Waals surface area contributed by atoms with E-state index in [1.165, 1.54) is 16.8 Å². The molecule has 9 nitrogen and oxygen atoms in total. The first kappa shape index (κ1) is 17.8. The Bertz CT molecular complexity index is 893. The molecule has 136 valence electrons. The number of anilines is 1. The van der Waals surface area contributed by atoms with Gasteiger partial charge in [-0.1, -0.05) is 11.3 Å². The largest absolute Gasteiger partial charge is 0.497 e. The van der Waals surface area contributed by atoms with Crippen molar-refractivity contribution in [3.8, 4) is 5.75 Å². The molecular weight excluding hydrogens is 356 g/mol. The fourth-order valence-corrected chi connectivity index (χ4v) is 2.79. The molecule has 3 N–H and O–H groups in total. The predicted molar refractivity (Wildman–Crippen MR) is 97.1 cm³/mol. The van der Waals surface area contributed by atoms with Crippen LogP contribution >= 0.6 is 11.3 Å². The fourth-order valence-electron chi connectivity index (χ4n) is 2.33. The fraction of sp³-hybridized carbons (Fsp3) is 0.312. The van der Waals surface area contributed by atoms with Gasteiger partial charge in [0.15, 0.2) is 0 Å². The highest BCUT2D eigenvalue weighted by Gasteiger charge is 2.09. The van der Waals surface area contributed by atoms with Crippen molar-refractivity contribution in [2.75, 3.05) is 19.0 Å². The molecule has 0 atom stereocenters. The van der Waals surface area contributed by atoms with Crippen molar-refractivity contribution in [2.24, 2.45) is 0 Å². The Morgan fingerprint density at radius 1 is 1.27 bits per heavy atom. The number of methoxy groups -OCH3 is 1. The van der Waals surface area contributed by atoms with E-state index in [-0.39, 0.29) is 24.7 Å². The molecule has 2 aromatic heterocycles. The molecule has 0 fully saturated rings. The van der Waals surface area contributed by atoms with Crippen molar-refractivity contribution < 1.29 is 14.3 Å². The van der Waals surface area contributed by atoms with Gasteiger partial charge in [0.1, 0.15) is 17.1 Å². The van der Waals surface area contributed by atoms with Crippen molar-refractivity contribution in [2.45, 2.75) is 19.3 Å². The molecule has 26 heavy (non-hydrogen) atoms. The molecule has 0 saturated carbocycles. The number of H-pyrrole nitrogens is 1. The number of benzene rings is 1. The quantitative estimate of drug-likeness (QED) is 0.549. The third-order valence-electron chi connectivity index (χ3n) is 3.61. The summed E-state index contributed by atoms with van der Waals surface area (Å²) in [5.74, 6) is 1.09. The molecule has 0 radical (unpaired) electrons. The van der Waals surface area contributed by atoms with E-state index in [0.717, 1.165) is 22.6 Å². The predicted octanol–water partition coefficient (Wildman–Crippen LogP) is 1.50. The van der Waals surface area contributed by atoms with E-state index in [1.807, 2.05) is 18.2 Å². The number of nitrogens with zero attached hydrogens (tertiary/aromatic N) is 3. The van der Waals surface area contributed by atoms with Crippen LogP contribution in [0.25, 0.3) is 11.0 Å². The Morgan fingerprint density at radius 3 is 2.88 bits per heavy atom. The summed E-state index contributed by atoms with van der Waals surface area (Å²) >= 11 is 1.23. The van der Waals surface area contributed by atoms with Gasteiger partial charge in [-0.25, -0.2) is 4.98 Å². The molecule has 0 aliphatic carbocycles. The number of carbonyl (C=O) groups excluding carboxylic acids is 2. The van der Waals surface area contributed by atoms with E-state index >= 15 is 0 Å². The molecule has 1 aromatic carbocycles. The van der Waals surface area contributed by atoms with Crippen molar-refractivity contribution >= 4 is 39.3 Å². The Hall–Kier alpha value is -3.01. The molecule has 0 aliphatic heterocycles. The minimum absolute atomic E-state index is 0.0931. The minimum Gasteiger partial charge on any atom is -0.497 e. The molecule has 0 bridgehead atoms. The first-order valence-corrected chi connectivity index (χ1v) is 8.87. The monoisotopic (exact) mass is 374 g/mol. The number of imidazole rings is 1. The molecule has 0 aliphatic rings. The number of carbonyl (C=O) groups is 2. The van der Waals surface area contributed by atoms with Gasteiger partial charge in [-0.2, -0.15) is 0 Å². The third-order valence-corrected chi connectivity index (χ3v) is 4.21. The maximum absolute atomic E-state index is 11.8. The van der Waals surface area contributed by atoms with E-state index in [0.29, 0.717) is 18.1 Å². The molecule has 0 saturated heterocycles. The number of aromatic amines is 1. The summed E-state index contributed by atoms with van der Waals surface area (Å²) in [6.45, 7) is 0.438. The maximum atomic E-state index is 11.8. The van der Waals surface area contributed by atoms with Crippen molar-refractivity contribution in [3.63, 3.8) is 0 Å². The zero-order valence-electron chi connectivity index (χ0n) is 14.1. The van der Waals surface area contributed by atoms with Crippen molar-refractivity contribution in [3.05, 3.63) is 29.5 Å². The van der Waals surface area contributed by atoms with Gasteiger partial charge < -0.3 is 20.4 Å². The van der Waals surface area contributed by atoms with E-state index in [9.17, 15) is 9.59 Å². The van der Waals surface area contributed by atoms with Crippen LogP contribution in [0.5, 0.6) is 5.75 Å². The van der Waals surface area contributed by atoms with Crippen LogP contribution in [0, 0.1) is 0 Å². The summed E-state index contributed by atoms with van der Waals surface area (Å²) in [5, 5.41) is 13.1. The van der Waals surface area contributed by atoms with Gasteiger partial charge in [-0.05, 0) is 12.1 Å². The van der Waals surface area contributed by atoms with Crippen LogP contribution in [0.1, 0.15) is 18.7 Å². The van der Waals surface area contributed by atoms with Crippen LogP contribution in [-0.2, 0) is 16.0 Å². The van der Waals surface area contributed by atoms with Crippen LogP contribution in [0.15, 0.2) is 23.7 Å². The van der Waals surface area contributed by atoms with Gasteiger partial charge in [0.05, 0.1) is 18.1 Å². The number of amides is 2. The average Bonchev–Trinajstić information content (AvgIpc) is 3.28. The zero-order valence-corrected chi connectivity index (χ0v) is 14.9. The molecule has 0 unspecified atom stereocenters. The molecule has 3 rings (SSSR count). The Morgan fingerprint density at radius 2 is 2.12 bits per heavy atom. The van der Waals surface area contributed by atoms with Crippen LogP contribution in [-0.4, -0.2) is 45.6 Å². The van der Waals surface area contributed by atoms with Gasteiger partial charge in [-0.3, -0.25) is 9.59 Å². The lowest BCUT2D eigenvalue weighted by Crippen LogP contribution is -2.27. The minimum atomic E-state index is -0.261. The number of nitrogens with one attached hydrogen (secondary N) is 3. The summed E-state index contributed by atoms with van der Waals surface area (Å²) in [5.41, 5.74) is 3.26. The van der Waals surface area contributed by atoms with Crippen LogP contribution in [0.4, 0.5) is 5.13 Å². The molecule has 0 spiro atoms. The highest BCUT2D eigenvalue weighted by Crippen LogP contribution is 2.18. The second kappa shape index (κ2) is 8.39. The van der Waals surface area contributed by atoms with Gasteiger partial charge in [0.25, 0.3) is 0 Å². The van der Waals surface area contributed by atoms with Gasteiger partial charge in [0, 0.05) is 31.9 Å². The summed E-state index contributed by atoms with van der Waals surface area (Å²) in [7, 11) is 1.61.